The van der Waals surface area contributed by atoms with Crippen molar-refractivity contribution in [1.29, 1.82) is 0 Å². The summed E-state index contributed by atoms with van der Waals surface area (Å²) in [5, 5.41) is 40.6. The number of aliphatic hydroxyl groups excluding tert-OH is 2. The van der Waals surface area contributed by atoms with Crippen molar-refractivity contribution in [3.05, 3.63) is 132 Å². The van der Waals surface area contributed by atoms with Gasteiger partial charge in [0.25, 0.3) is 0 Å². The van der Waals surface area contributed by atoms with Crippen LogP contribution in [-0.4, -0.2) is 31.5 Å². The van der Waals surface area contributed by atoms with Crippen molar-refractivity contribution in [1.82, 2.24) is 0 Å². The zero-order valence-corrected chi connectivity index (χ0v) is 18.3. The van der Waals surface area contributed by atoms with Gasteiger partial charge in [-0.1, -0.05) is 84.9 Å². The quantitative estimate of drug-likeness (QED) is 0.154. The van der Waals surface area contributed by atoms with Crippen LogP contribution >= 0.6 is 0 Å². The second kappa shape index (κ2) is 13.6. The van der Waals surface area contributed by atoms with Gasteiger partial charge in [-0.15, -0.1) is 0 Å². The van der Waals surface area contributed by atoms with Crippen molar-refractivity contribution < 1.29 is 30.3 Å². The topological polar surface area (TPSA) is 118 Å². The molecule has 0 saturated heterocycles. The second-order valence-corrected chi connectivity index (χ2v) is 6.98. The molecule has 6 heteroatoms. The van der Waals surface area contributed by atoms with Gasteiger partial charge in [-0.3, -0.25) is 0 Å². The number of benzene rings is 4. The molecule has 4 aromatic carbocycles. The van der Waals surface area contributed by atoms with E-state index in [-0.39, 0.29) is 6.26 Å². The SMILES string of the molecule is O=C(O)C(O)=CO.Oc1ccccc1.Oc1ccccc1.c1ccc2c(c1)Cc1ccccc1-2. The highest BCUT2D eigenvalue weighted by molar-refractivity contribution is 5.83. The Morgan fingerprint density at radius 2 is 0.941 bits per heavy atom. The van der Waals surface area contributed by atoms with Crippen molar-refractivity contribution in [2.24, 2.45) is 0 Å². The fourth-order valence-electron chi connectivity index (χ4n) is 2.99. The van der Waals surface area contributed by atoms with Gasteiger partial charge in [0.1, 0.15) is 17.8 Å². The smallest absolute Gasteiger partial charge is 0.374 e. The number of phenols is 2. The summed E-state index contributed by atoms with van der Waals surface area (Å²) in [5.41, 5.74) is 5.75. The number of para-hydroxylation sites is 2. The van der Waals surface area contributed by atoms with Crippen molar-refractivity contribution in [2.45, 2.75) is 6.42 Å². The standard InChI is InChI=1S/C13H10.2C6H6O.C3H4O4/c1-3-7-12-10(5-1)9-11-6-2-4-8-13(11)12;2*7-6-4-2-1-3-5-6;4-1-2(5)3(6)7/h1-8H,9H2;2*1-5,7H;1,4-5H,(H,6,7). The van der Waals surface area contributed by atoms with E-state index in [9.17, 15) is 4.79 Å². The highest BCUT2D eigenvalue weighted by atomic mass is 16.4. The van der Waals surface area contributed by atoms with Gasteiger partial charge in [0.15, 0.2) is 0 Å². The molecule has 1 aliphatic rings. The molecule has 0 spiro atoms. The van der Waals surface area contributed by atoms with Crippen molar-refractivity contribution >= 4 is 5.97 Å². The number of carbonyl (C=O) groups is 1. The van der Waals surface area contributed by atoms with E-state index in [1.165, 1.54) is 22.3 Å². The average molecular weight is 459 g/mol. The number of aliphatic carboxylic acids is 1. The van der Waals surface area contributed by atoms with Crippen LogP contribution in [0.4, 0.5) is 0 Å². The maximum absolute atomic E-state index is 9.45. The molecule has 0 radical (unpaired) electrons. The summed E-state index contributed by atoms with van der Waals surface area (Å²) in [4.78, 5) is 9.45. The molecule has 5 N–H and O–H groups in total. The Bertz CT molecular complexity index is 1110. The molecule has 0 saturated carbocycles. The monoisotopic (exact) mass is 458 g/mol. The molecular weight excluding hydrogens is 432 g/mol. The number of rotatable bonds is 1. The molecule has 0 aliphatic heterocycles. The first-order chi connectivity index (χ1) is 16.4. The molecule has 174 valence electrons. The summed E-state index contributed by atoms with van der Waals surface area (Å²) in [7, 11) is 0. The Balaban J connectivity index is 0.000000170. The third-order valence-corrected chi connectivity index (χ3v) is 4.56. The molecule has 0 amide bonds. The van der Waals surface area contributed by atoms with Crippen LogP contribution in [0.5, 0.6) is 11.5 Å². The number of carboxylic acids is 1. The Morgan fingerprint density at radius 3 is 1.21 bits per heavy atom. The van der Waals surface area contributed by atoms with Crippen molar-refractivity contribution in [3.63, 3.8) is 0 Å². The third kappa shape index (κ3) is 8.43. The van der Waals surface area contributed by atoms with Gasteiger partial charge in [-0.25, -0.2) is 4.79 Å². The second-order valence-electron chi connectivity index (χ2n) is 6.98. The lowest BCUT2D eigenvalue weighted by atomic mass is 10.1. The fourth-order valence-corrected chi connectivity index (χ4v) is 2.99. The Labute approximate surface area is 198 Å². The van der Waals surface area contributed by atoms with Gasteiger partial charge in [0, 0.05) is 0 Å². The van der Waals surface area contributed by atoms with Gasteiger partial charge in [-0.05, 0) is 52.9 Å². The van der Waals surface area contributed by atoms with E-state index >= 15 is 0 Å². The van der Waals surface area contributed by atoms with Crippen molar-refractivity contribution in [3.8, 4) is 22.6 Å². The number of aromatic hydroxyl groups is 2. The lowest BCUT2D eigenvalue weighted by Crippen LogP contribution is -1.97. The largest absolute Gasteiger partial charge is 0.511 e. The summed E-state index contributed by atoms with van der Waals surface area (Å²) < 4.78 is 0. The van der Waals surface area contributed by atoms with E-state index in [1.807, 2.05) is 12.1 Å². The molecule has 0 atom stereocenters. The minimum atomic E-state index is -1.54. The average Bonchev–Trinajstić information content (AvgIpc) is 3.24. The van der Waals surface area contributed by atoms with Crippen LogP contribution in [0, 0.1) is 0 Å². The van der Waals surface area contributed by atoms with Crippen LogP contribution in [0.25, 0.3) is 11.1 Å². The first-order valence-electron chi connectivity index (χ1n) is 10.3. The van der Waals surface area contributed by atoms with E-state index in [4.69, 9.17) is 25.5 Å². The maximum atomic E-state index is 9.45. The molecule has 0 aromatic heterocycles. The molecule has 0 heterocycles. The summed E-state index contributed by atoms with van der Waals surface area (Å²) in [6.07, 6.45) is 1.22. The van der Waals surface area contributed by atoms with Crippen LogP contribution in [0.15, 0.2) is 121 Å². The predicted octanol–water partition coefficient (Wildman–Crippen LogP) is 6.07. The Hall–Kier alpha value is -4.71. The number of fused-ring (bicyclic) bond motifs is 3. The fraction of sp³-hybridized carbons (Fsp3) is 0.0357. The normalized spacial score (nSPS) is 10.5. The van der Waals surface area contributed by atoms with E-state index in [1.54, 1.807) is 48.5 Å². The molecule has 6 nitrogen and oxygen atoms in total. The summed E-state index contributed by atoms with van der Waals surface area (Å²) in [5.74, 6) is -1.95. The highest BCUT2D eigenvalue weighted by Crippen LogP contribution is 2.35. The molecule has 5 rings (SSSR count). The third-order valence-electron chi connectivity index (χ3n) is 4.56. The predicted molar refractivity (Wildman–Crippen MR) is 132 cm³/mol. The van der Waals surface area contributed by atoms with Crippen LogP contribution in [0.1, 0.15) is 11.1 Å². The van der Waals surface area contributed by atoms with Gasteiger partial charge in [0.2, 0.25) is 5.76 Å². The van der Waals surface area contributed by atoms with Gasteiger partial charge < -0.3 is 25.5 Å². The van der Waals surface area contributed by atoms with Crippen LogP contribution in [0.3, 0.4) is 0 Å². The van der Waals surface area contributed by atoms with Gasteiger partial charge in [-0.2, -0.15) is 0 Å². The molecule has 4 aromatic rings. The lowest BCUT2D eigenvalue weighted by molar-refractivity contribution is -0.135. The summed E-state index contributed by atoms with van der Waals surface area (Å²) >= 11 is 0. The molecule has 34 heavy (non-hydrogen) atoms. The van der Waals surface area contributed by atoms with Crippen LogP contribution < -0.4 is 0 Å². The summed E-state index contributed by atoms with van der Waals surface area (Å²) in [6, 6.07) is 34.7. The number of carboxylic acid groups (broad SMARTS) is 1. The zero-order chi connectivity index (χ0) is 24.8. The molecule has 0 fully saturated rings. The number of aliphatic hydroxyl groups is 2. The van der Waals surface area contributed by atoms with E-state index < -0.39 is 11.7 Å². The molecule has 1 aliphatic carbocycles. The molecular formula is C28H26O6. The van der Waals surface area contributed by atoms with E-state index in [0.717, 1.165) is 6.42 Å². The minimum absolute atomic E-state index is 0.113. The number of hydrogen-bond acceptors (Lipinski definition) is 5. The first kappa shape index (κ1) is 25.5. The van der Waals surface area contributed by atoms with E-state index in [0.29, 0.717) is 11.5 Å². The van der Waals surface area contributed by atoms with Gasteiger partial charge in [0.05, 0.1) is 0 Å². The number of phenolic OH excluding ortho intramolecular Hbond substituents is 2. The zero-order valence-electron chi connectivity index (χ0n) is 18.3. The van der Waals surface area contributed by atoms with Crippen molar-refractivity contribution in [2.75, 3.05) is 0 Å². The number of hydrogen-bond donors (Lipinski definition) is 5. The van der Waals surface area contributed by atoms with Gasteiger partial charge >= 0.3 is 5.97 Å². The first-order valence-corrected chi connectivity index (χ1v) is 10.3. The molecule has 0 bridgehead atoms. The minimum Gasteiger partial charge on any atom is -0.511 e. The van der Waals surface area contributed by atoms with Crippen LogP contribution in [-0.2, 0) is 11.2 Å². The maximum Gasteiger partial charge on any atom is 0.374 e. The molecule has 0 unspecified atom stereocenters. The lowest BCUT2D eigenvalue weighted by Gasteiger charge is -1.98. The van der Waals surface area contributed by atoms with Crippen LogP contribution in [0.2, 0.25) is 0 Å². The summed E-state index contributed by atoms with van der Waals surface area (Å²) in [6.45, 7) is 0. The highest BCUT2D eigenvalue weighted by Gasteiger charge is 2.15. The Morgan fingerprint density at radius 1 is 0.588 bits per heavy atom. The Kier molecular flexibility index (Phi) is 10.3. The van der Waals surface area contributed by atoms with E-state index in [2.05, 4.69) is 48.5 Å².